The predicted molar refractivity (Wildman–Crippen MR) is 125 cm³/mol. The number of aromatic nitrogens is 2. The average Bonchev–Trinajstić information content (AvgIpc) is 3.18. The van der Waals surface area contributed by atoms with Crippen molar-refractivity contribution < 1.29 is 9.53 Å². The molecule has 0 saturated carbocycles. The van der Waals surface area contributed by atoms with Crippen LogP contribution in [0.5, 0.6) is 5.75 Å². The lowest BCUT2D eigenvalue weighted by atomic mass is 10.1. The maximum absolute atomic E-state index is 13.2. The molecule has 0 aliphatic carbocycles. The molecule has 0 bridgehead atoms. The predicted octanol–water partition coefficient (Wildman–Crippen LogP) is 5.12. The Bertz CT molecular complexity index is 1310. The first-order valence-electron chi connectivity index (χ1n) is 9.72. The molecule has 2 aromatic carbocycles. The summed E-state index contributed by atoms with van der Waals surface area (Å²) in [5, 5.41) is 5.84. The fourth-order valence-electron chi connectivity index (χ4n) is 3.30. The Hall–Kier alpha value is -3.16. The van der Waals surface area contributed by atoms with Crippen LogP contribution in [0.3, 0.4) is 0 Å². The second-order valence-corrected chi connectivity index (χ2v) is 8.27. The minimum absolute atomic E-state index is 0.137. The smallest absolute Gasteiger partial charge is 0.263 e. The number of halogens is 1. The highest BCUT2D eigenvalue weighted by Gasteiger charge is 2.15. The monoisotopic (exact) mass is 453 g/mol. The third-order valence-electron chi connectivity index (χ3n) is 4.81. The number of benzene rings is 2. The Balaban J connectivity index is 1.62. The van der Waals surface area contributed by atoms with Crippen molar-refractivity contribution in [2.24, 2.45) is 0 Å². The van der Waals surface area contributed by atoms with E-state index in [-0.39, 0.29) is 18.0 Å². The number of aryl methyl sites for hydroxylation is 1. The molecule has 31 heavy (non-hydrogen) atoms. The fraction of sp³-hybridized carbons (Fsp3) is 0.174. The normalized spacial score (nSPS) is 10.9. The third kappa shape index (κ3) is 4.47. The van der Waals surface area contributed by atoms with Gasteiger partial charge in [0, 0.05) is 21.7 Å². The van der Waals surface area contributed by atoms with Crippen LogP contribution in [0.25, 0.3) is 21.3 Å². The number of carbonyl (C=O) groups is 1. The Morgan fingerprint density at radius 3 is 2.71 bits per heavy atom. The van der Waals surface area contributed by atoms with Crippen LogP contribution in [0, 0.1) is 6.92 Å². The Morgan fingerprint density at radius 2 is 2.00 bits per heavy atom. The molecular formula is C23H20ClN3O3S. The zero-order chi connectivity index (χ0) is 22.0. The van der Waals surface area contributed by atoms with Gasteiger partial charge >= 0.3 is 0 Å². The highest BCUT2D eigenvalue weighted by Crippen LogP contribution is 2.31. The molecule has 2 heterocycles. The largest absolute Gasteiger partial charge is 0.494 e. The molecule has 1 amide bonds. The van der Waals surface area contributed by atoms with Crippen LogP contribution in [0.4, 0.5) is 5.69 Å². The van der Waals surface area contributed by atoms with Crippen LogP contribution < -0.4 is 15.6 Å². The first kappa shape index (κ1) is 21.1. The van der Waals surface area contributed by atoms with Gasteiger partial charge in [-0.05, 0) is 55.3 Å². The van der Waals surface area contributed by atoms with Gasteiger partial charge in [0.05, 0.1) is 18.3 Å². The van der Waals surface area contributed by atoms with Crippen molar-refractivity contribution in [2.45, 2.75) is 20.4 Å². The fourth-order valence-corrected chi connectivity index (χ4v) is 4.43. The van der Waals surface area contributed by atoms with E-state index in [1.807, 2.05) is 43.5 Å². The summed E-state index contributed by atoms with van der Waals surface area (Å²) in [5.41, 5.74) is 2.94. The summed E-state index contributed by atoms with van der Waals surface area (Å²) in [7, 11) is 0. The topological polar surface area (TPSA) is 73.2 Å². The molecule has 158 valence electrons. The molecule has 0 unspecified atom stereocenters. The lowest BCUT2D eigenvalue weighted by molar-refractivity contribution is -0.116. The minimum atomic E-state index is -0.313. The third-order valence-corrected chi connectivity index (χ3v) is 5.93. The van der Waals surface area contributed by atoms with Crippen molar-refractivity contribution in [2.75, 3.05) is 11.9 Å². The number of hydrogen-bond acceptors (Lipinski definition) is 5. The first-order valence-corrected chi connectivity index (χ1v) is 11.0. The standard InChI is InChI=1S/C23H20ClN3O3S/c1-3-30-17-7-4-15(5-8-17)18-12-31-22-21(18)23(29)27(13-25-22)11-20(28)26-19-9-6-16(24)10-14(19)2/h4-10,12-13H,3,11H2,1-2H3,(H,26,28). The molecule has 0 atom stereocenters. The molecule has 0 fully saturated rings. The zero-order valence-corrected chi connectivity index (χ0v) is 18.6. The van der Waals surface area contributed by atoms with Gasteiger partial charge in [-0.2, -0.15) is 0 Å². The molecular weight excluding hydrogens is 434 g/mol. The second-order valence-electron chi connectivity index (χ2n) is 6.97. The molecule has 0 spiro atoms. The quantitative estimate of drug-likeness (QED) is 0.439. The lowest BCUT2D eigenvalue weighted by Gasteiger charge is -2.10. The number of rotatable bonds is 6. The Kier molecular flexibility index (Phi) is 6.06. The number of carbonyl (C=O) groups excluding carboxylic acids is 1. The van der Waals surface area contributed by atoms with Crippen molar-refractivity contribution in [1.82, 2.24) is 9.55 Å². The minimum Gasteiger partial charge on any atom is -0.494 e. The van der Waals surface area contributed by atoms with Crippen LogP contribution in [-0.4, -0.2) is 22.1 Å². The van der Waals surface area contributed by atoms with Gasteiger partial charge in [0.2, 0.25) is 5.91 Å². The summed E-state index contributed by atoms with van der Waals surface area (Å²) in [6, 6.07) is 12.8. The molecule has 0 radical (unpaired) electrons. The summed E-state index contributed by atoms with van der Waals surface area (Å²) in [6.07, 6.45) is 1.41. The number of amides is 1. The summed E-state index contributed by atoms with van der Waals surface area (Å²) in [4.78, 5) is 30.7. The SMILES string of the molecule is CCOc1ccc(-c2csc3ncn(CC(=O)Nc4ccc(Cl)cc4C)c(=O)c23)cc1. The van der Waals surface area contributed by atoms with Crippen molar-refractivity contribution >= 4 is 44.7 Å². The Morgan fingerprint density at radius 1 is 1.23 bits per heavy atom. The number of ether oxygens (including phenoxy) is 1. The van der Waals surface area contributed by atoms with E-state index in [2.05, 4.69) is 10.3 Å². The maximum atomic E-state index is 13.2. The van der Waals surface area contributed by atoms with Crippen LogP contribution in [0.2, 0.25) is 5.02 Å². The molecule has 0 aliphatic heterocycles. The summed E-state index contributed by atoms with van der Waals surface area (Å²) < 4.78 is 6.82. The number of thiophene rings is 1. The van der Waals surface area contributed by atoms with Crippen LogP contribution in [-0.2, 0) is 11.3 Å². The number of nitrogens with zero attached hydrogens (tertiary/aromatic N) is 2. The summed E-state index contributed by atoms with van der Waals surface area (Å²) in [5.74, 6) is 0.460. The van der Waals surface area contributed by atoms with Gasteiger partial charge in [0.1, 0.15) is 17.1 Å². The molecule has 2 aromatic heterocycles. The van der Waals surface area contributed by atoms with E-state index < -0.39 is 0 Å². The number of fused-ring (bicyclic) bond motifs is 1. The molecule has 0 saturated heterocycles. The Labute approximate surface area is 188 Å². The summed E-state index contributed by atoms with van der Waals surface area (Å²) >= 11 is 7.37. The van der Waals surface area contributed by atoms with Gasteiger partial charge in [-0.3, -0.25) is 14.2 Å². The van der Waals surface area contributed by atoms with Crippen molar-refractivity contribution in [3.63, 3.8) is 0 Å². The molecule has 6 nitrogen and oxygen atoms in total. The van der Waals surface area contributed by atoms with Crippen LogP contribution in [0.15, 0.2) is 59.0 Å². The lowest BCUT2D eigenvalue weighted by Crippen LogP contribution is -2.28. The second kappa shape index (κ2) is 8.91. The van der Waals surface area contributed by atoms with E-state index in [1.54, 1.807) is 18.2 Å². The van der Waals surface area contributed by atoms with Crippen LogP contribution in [0.1, 0.15) is 12.5 Å². The molecule has 4 rings (SSSR count). The van der Waals surface area contributed by atoms with E-state index in [0.29, 0.717) is 27.5 Å². The van der Waals surface area contributed by atoms with Crippen molar-refractivity contribution in [3.05, 3.63) is 75.1 Å². The van der Waals surface area contributed by atoms with Crippen LogP contribution >= 0.6 is 22.9 Å². The first-order chi connectivity index (χ1) is 15.0. The number of nitrogens with one attached hydrogen (secondary N) is 1. The summed E-state index contributed by atoms with van der Waals surface area (Å²) in [6.45, 7) is 4.24. The van der Waals surface area contributed by atoms with E-state index in [9.17, 15) is 9.59 Å². The van der Waals surface area contributed by atoms with E-state index in [0.717, 1.165) is 22.4 Å². The van der Waals surface area contributed by atoms with Gasteiger partial charge in [-0.25, -0.2) is 4.98 Å². The highest BCUT2D eigenvalue weighted by molar-refractivity contribution is 7.17. The highest BCUT2D eigenvalue weighted by atomic mass is 35.5. The molecule has 8 heteroatoms. The molecule has 1 N–H and O–H groups in total. The molecule has 0 aliphatic rings. The van der Waals surface area contributed by atoms with Gasteiger partial charge in [-0.1, -0.05) is 23.7 Å². The van der Waals surface area contributed by atoms with Gasteiger partial charge in [-0.15, -0.1) is 11.3 Å². The average molecular weight is 454 g/mol. The zero-order valence-electron chi connectivity index (χ0n) is 17.0. The van der Waals surface area contributed by atoms with E-state index >= 15 is 0 Å². The van der Waals surface area contributed by atoms with Gasteiger partial charge in [0.25, 0.3) is 5.56 Å². The molecule has 4 aromatic rings. The van der Waals surface area contributed by atoms with Gasteiger partial charge < -0.3 is 10.1 Å². The van der Waals surface area contributed by atoms with Crippen molar-refractivity contribution in [3.8, 4) is 16.9 Å². The van der Waals surface area contributed by atoms with E-state index in [1.165, 1.54) is 22.2 Å². The van der Waals surface area contributed by atoms with E-state index in [4.69, 9.17) is 16.3 Å². The maximum Gasteiger partial charge on any atom is 0.263 e. The number of anilines is 1. The van der Waals surface area contributed by atoms with Gasteiger partial charge in [0.15, 0.2) is 0 Å². The number of hydrogen-bond donors (Lipinski definition) is 1. The van der Waals surface area contributed by atoms with Crippen molar-refractivity contribution in [1.29, 1.82) is 0 Å².